The summed E-state index contributed by atoms with van der Waals surface area (Å²) in [6, 6.07) is 7.89. The summed E-state index contributed by atoms with van der Waals surface area (Å²) in [5.41, 5.74) is 3.51. The number of carbonyl (C=O) groups is 1. The van der Waals surface area contributed by atoms with Crippen molar-refractivity contribution >= 4 is 17.4 Å². The van der Waals surface area contributed by atoms with Crippen molar-refractivity contribution in [2.24, 2.45) is 0 Å². The lowest BCUT2D eigenvalue weighted by Gasteiger charge is -2.20. The molecule has 0 aliphatic heterocycles. The van der Waals surface area contributed by atoms with Crippen molar-refractivity contribution in [2.45, 2.75) is 39.5 Å². The molecule has 0 aliphatic rings. The minimum Gasteiger partial charge on any atom is -0.369 e. The highest BCUT2D eigenvalue weighted by atomic mass is 16.1. The Morgan fingerprint density at radius 1 is 1.07 bits per heavy atom. The molecule has 146 valence electrons. The Hall–Kier alpha value is -2.47. The second-order valence-electron chi connectivity index (χ2n) is 7.59. The monoisotopic (exact) mass is 369 g/mol. The number of nitrogens with one attached hydrogen (secondary N) is 2. The topological polar surface area (TPSA) is 70.2 Å². The number of benzene rings is 1. The van der Waals surface area contributed by atoms with Crippen LogP contribution in [0.1, 0.15) is 61.1 Å². The van der Waals surface area contributed by atoms with Crippen LogP contribution in [0.25, 0.3) is 0 Å². The number of nitrogens with zero attached hydrogens (tertiary/aromatic N) is 3. The number of rotatable bonds is 8. The lowest BCUT2D eigenvalue weighted by Crippen LogP contribution is -2.22. The lowest BCUT2D eigenvalue weighted by atomic mass is 9.92. The molecule has 1 aromatic heterocycles. The number of carbonyl (C=O) groups excluding carboxylic acids is 1. The summed E-state index contributed by atoms with van der Waals surface area (Å²) in [5, 5.41) is 6.32. The van der Waals surface area contributed by atoms with E-state index in [9.17, 15) is 4.79 Å². The first kappa shape index (κ1) is 20.8. The predicted octanol–water partition coefficient (Wildman–Crippen LogP) is 3.95. The number of amides is 1. The Kier molecular flexibility index (Phi) is 7.30. The van der Waals surface area contributed by atoms with Crippen molar-refractivity contribution in [3.63, 3.8) is 0 Å². The highest BCUT2D eigenvalue weighted by Crippen LogP contribution is 2.32. The molecular weight excluding hydrogens is 338 g/mol. The number of anilines is 2. The Morgan fingerprint density at radius 3 is 2.26 bits per heavy atom. The molecule has 0 atom stereocenters. The lowest BCUT2D eigenvalue weighted by molar-refractivity contribution is 0.102. The van der Waals surface area contributed by atoms with E-state index >= 15 is 0 Å². The van der Waals surface area contributed by atoms with Crippen molar-refractivity contribution in [2.75, 3.05) is 37.8 Å². The van der Waals surface area contributed by atoms with Crippen LogP contribution in [0.5, 0.6) is 0 Å². The van der Waals surface area contributed by atoms with E-state index in [1.807, 2.05) is 14.1 Å². The Balaban J connectivity index is 2.22. The summed E-state index contributed by atoms with van der Waals surface area (Å²) in [6.07, 6.45) is 1.42. The van der Waals surface area contributed by atoms with Gasteiger partial charge < -0.3 is 15.5 Å². The maximum atomic E-state index is 12.9. The first-order valence-corrected chi connectivity index (χ1v) is 9.44. The maximum Gasteiger partial charge on any atom is 0.274 e. The van der Waals surface area contributed by atoms with Gasteiger partial charge in [0.1, 0.15) is 17.8 Å². The maximum absolute atomic E-state index is 12.9. The molecule has 6 heteroatoms. The molecule has 2 N–H and O–H groups in total. The van der Waals surface area contributed by atoms with E-state index in [2.05, 4.69) is 71.4 Å². The Labute approximate surface area is 162 Å². The molecule has 1 amide bonds. The normalized spacial score (nSPS) is 11.3. The van der Waals surface area contributed by atoms with Crippen LogP contribution < -0.4 is 10.6 Å². The highest BCUT2D eigenvalue weighted by Gasteiger charge is 2.17. The highest BCUT2D eigenvalue weighted by molar-refractivity contribution is 6.04. The second-order valence-corrected chi connectivity index (χ2v) is 7.59. The third-order valence-electron chi connectivity index (χ3n) is 4.38. The Bertz CT molecular complexity index is 745. The van der Waals surface area contributed by atoms with Crippen LogP contribution in [0.2, 0.25) is 0 Å². The van der Waals surface area contributed by atoms with Crippen LogP contribution in [0.4, 0.5) is 11.5 Å². The molecule has 0 fully saturated rings. The van der Waals surface area contributed by atoms with Gasteiger partial charge in [-0.2, -0.15) is 0 Å². The SMILES string of the molecule is CC(C)c1cccc(C(C)C)c1NC(=O)c1cc(NCCN(C)C)ncn1. The summed E-state index contributed by atoms with van der Waals surface area (Å²) >= 11 is 0. The average molecular weight is 370 g/mol. The third kappa shape index (κ3) is 5.76. The van der Waals surface area contributed by atoms with Crippen molar-refractivity contribution in [1.82, 2.24) is 14.9 Å². The van der Waals surface area contributed by atoms with Crippen LogP contribution in [0.3, 0.4) is 0 Å². The van der Waals surface area contributed by atoms with Gasteiger partial charge >= 0.3 is 0 Å². The van der Waals surface area contributed by atoms with E-state index in [0.717, 1.165) is 29.9 Å². The van der Waals surface area contributed by atoms with Crippen LogP contribution in [-0.4, -0.2) is 48.0 Å². The fourth-order valence-corrected chi connectivity index (χ4v) is 2.86. The molecule has 0 bridgehead atoms. The summed E-state index contributed by atoms with van der Waals surface area (Å²) in [4.78, 5) is 23.3. The molecule has 0 unspecified atom stereocenters. The van der Waals surface area contributed by atoms with Crippen molar-refractivity contribution in [1.29, 1.82) is 0 Å². The first-order valence-electron chi connectivity index (χ1n) is 9.44. The number of hydrogen-bond acceptors (Lipinski definition) is 5. The van der Waals surface area contributed by atoms with Gasteiger partial charge in [0, 0.05) is 24.8 Å². The zero-order valence-corrected chi connectivity index (χ0v) is 17.2. The number of para-hydroxylation sites is 1. The molecule has 0 radical (unpaired) electrons. The number of hydrogen-bond donors (Lipinski definition) is 2. The molecule has 0 saturated heterocycles. The molecule has 2 aromatic rings. The predicted molar refractivity (Wildman–Crippen MR) is 112 cm³/mol. The van der Waals surface area contributed by atoms with E-state index in [-0.39, 0.29) is 5.91 Å². The fraction of sp³-hybridized carbons (Fsp3) is 0.476. The Morgan fingerprint density at radius 2 is 1.70 bits per heavy atom. The van der Waals surface area contributed by atoms with Crippen LogP contribution in [0.15, 0.2) is 30.6 Å². The van der Waals surface area contributed by atoms with Gasteiger partial charge in [0.05, 0.1) is 0 Å². The molecule has 27 heavy (non-hydrogen) atoms. The molecule has 1 heterocycles. The van der Waals surface area contributed by atoms with E-state index in [4.69, 9.17) is 0 Å². The summed E-state index contributed by atoms with van der Waals surface area (Å²) in [5.74, 6) is 1.06. The second kappa shape index (κ2) is 9.46. The zero-order chi connectivity index (χ0) is 20.0. The smallest absolute Gasteiger partial charge is 0.274 e. The van der Waals surface area contributed by atoms with Crippen molar-refractivity contribution in [3.05, 3.63) is 47.4 Å². The van der Waals surface area contributed by atoms with Crippen molar-refractivity contribution in [3.8, 4) is 0 Å². The molecule has 6 nitrogen and oxygen atoms in total. The van der Waals surface area contributed by atoms with Crippen LogP contribution in [-0.2, 0) is 0 Å². The van der Waals surface area contributed by atoms with E-state index < -0.39 is 0 Å². The largest absolute Gasteiger partial charge is 0.369 e. The van der Waals surface area contributed by atoms with Crippen LogP contribution in [0, 0.1) is 0 Å². The molecule has 1 aromatic carbocycles. The molecule has 0 aliphatic carbocycles. The van der Waals surface area contributed by atoms with Gasteiger partial charge in [-0.15, -0.1) is 0 Å². The summed E-state index contributed by atoms with van der Waals surface area (Å²) < 4.78 is 0. The van der Waals surface area contributed by atoms with E-state index in [1.165, 1.54) is 6.33 Å². The van der Waals surface area contributed by atoms with E-state index in [1.54, 1.807) is 6.07 Å². The minimum absolute atomic E-state index is 0.219. The summed E-state index contributed by atoms with van der Waals surface area (Å²) in [6.45, 7) is 10.2. The molecule has 0 saturated carbocycles. The van der Waals surface area contributed by atoms with Gasteiger partial charge in [0.15, 0.2) is 0 Å². The zero-order valence-electron chi connectivity index (χ0n) is 17.2. The molecule has 2 rings (SSSR count). The van der Waals surface area contributed by atoms with Gasteiger partial charge in [-0.05, 0) is 37.1 Å². The number of likely N-dealkylation sites (N-methyl/N-ethyl adjacent to an activating group) is 1. The minimum atomic E-state index is -0.219. The van der Waals surface area contributed by atoms with Gasteiger partial charge in [-0.3, -0.25) is 4.79 Å². The van der Waals surface area contributed by atoms with Crippen LogP contribution >= 0.6 is 0 Å². The summed E-state index contributed by atoms with van der Waals surface area (Å²) in [7, 11) is 4.03. The van der Waals surface area contributed by atoms with Gasteiger partial charge in [-0.1, -0.05) is 45.9 Å². The van der Waals surface area contributed by atoms with Gasteiger partial charge in [0.25, 0.3) is 5.91 Å². The quantitative estimate of drug-likeness (QED) is 0.737. The molecular formula is C21H31N5O. The third-order valence-corrected chi connectivity index (χ3v) is 4.38. The fourth-order valence-electron chi connectivity index (χ4n) is 2.86. The molecule has 0 spiro atoms. The van der Waals surface area contributed by atoms with Crippen molar-refractivity contribution < 1.29 is 4.79 Å². The van der Waals surface area contributed by atoms with Gasteiger partial charge in [-0.25, -0.2) is 9.97 Å². The van der Waals surface area contributed by atoms with E-state index in [0.29, 0.717) is 23.3 Å². The average Bonchev–Trinajstić information content (AvgIpc) is 2.61. The van der Waals surface area contributed by atoms with Gasteiger partial charge in [0.2, 0.25) is 0 Å². The standard InChI is InChI=1S/C21H31N5O/c1-14(2)16-8-7-9-17(15(3)4)20(16)25-21(27)18-12-19(24-13-23-18)22-10-11-26(5)6/h7-9,12-15H,10-11H2,1-6H3,(H,25,27)(H,22,23,24). The number of aromatic nitrogens is 2. The first-order chi connectivity index (χ1) is 12.8.